The first-order chi connectivity index (χ1) is 13.6. The highest BCUT2D eigenvalue weighted by Gasteiger charge is 2.07. The van der Waals surface area contributed by atoms with E-state index in [-0.39, 0.29) is 19.0 Å². The topological polar surface area (TPSA) is 75.1 Å². The lowest BCUT2D eigenvalue weighted by Gasteiger charge is -2.14. The molecular weight excluding hydrogens is 361 g/mol. The van der Waals surface area contributed by atoms with Crippen molar-refractivity contribution < 1.29 is 19.0 Å². The maximum absolute atomic E-state index is 13.7. The van der Waals surface area contributed by atoms with Gasteiger partial charge < -0.3 is 25.2 Å². The third-order valence-corrected chi connectivity index (χ3v) is 4.04. The molecule has 0 atom stereocenters. The van der Waals surface area contributed by atoms with Gasteiger partial charge in [0.1, 0.15) is 12.4 Å². The van der Waals surface area contributed by atoms with E-state index in [9.17, 15) is 4.39 Å². The second-order valence-electron chi connectivity index (χ2n) is 6.19. The number of aliphatic hydroxyl groups is 1. The lowest BCUT2D eigenvalue weighted by Crippen LogP contribution is -2.36. The number of aliphatic hydroxyl groups excluding tert-OH is 1. The SMILES string of the molecule is CCNC(=NCc1ccc(C)c(F)c1)NCc1ccc(OCCO)c(OC)c1. The number of nitrogens with zero attached hydrogens (tertiary/aromatic N) is 1. The molecule has 2 aromatic carbocycles. The highest BCUT2D eigenvalue weighted by molar-refractivity contribution is 5.79. The predicted molar refractivity (Wildman–Crippen MR) is 108 cm³/mol. The van der Waals surface area contributed by atoms with Gasteiger partial charge >= 0.3 is 0 Å². The quantitative estimate of drug-likeness (QED) is 0.454. The minimum Gasteiger partial charge on any atom is -0.493 e. The number of hydrogen-bond acceptors (Lipinski definition) is 4. The van der Waals surface area contributed by atoms with Crippen LogP contribution in [-0.4, -0.2) is 37.9 Å². The summed E-state index contributed by atoms with van der Waals surface area (Å²) in [5.74, 6) is 1.61. The Kier molecular flexibility index (Phi) is 8.55. The summed E-state index contributed by atoms with van der Waals surface area (Å²) in [7, 11) is 1.57. The van der Waals surface area contributed by atoms with E-state index < -0.39 is 0 Å². The first-order valence-electron chi connectivity index (χ1n) is 9.25. The van der Waals surface area contributed by atoms with Crippen molar-refractivity contribution >= 4 is 5.96 Å². The highest BCUT2D eigenvalue weighted by Crippen LogP contribution is 2.27. The van der Waals surface area contributed by atoms with E-state index >= 15 is 0 Å². The van der Waals surface area contributed by atoms with Crippen LogP contribution in [0.5, 0.6) is 11.5 Å². The number of aryl methyl sites for hydroxylation is 1. The van der Waals surface area contributed by atoms with E-state index in [1.807, 2.05) is 31.2 Å². The zero-order valence-corrected chi connectivity index (χ0v) is 16.6. The summed E-state index contributed by atoms with van der Waals surface area (Å²) >= 11 is 0. The average molecular weight is 389 g/mol. The standard InChI is InChI=1S/C21H28FN3O3/c1-4-23-21(24-13-16-6-5-15(2)18(22)11-16)25-14-17-7-8-19(28-10-9-26)20(12-17)27-3/h5-8,11-12,26H,4,9-10,13-14H2,1-3H3,(H2,23,24,25). The zero-order chi connectivity index (χ0) is 20.4. The second kappa shape index (κ2) is 11.1. The molecule has 2 aromatic rings. The van der Waals surface area contributed by atoms with Crippen LogP contribution in [0.1, 0.15) is 23.6 Å². The number of halogens is 1. The molecule has 0 aliphatic rings. The van der Waals surface area contributed by atoms with Crippen LogP contribution in [0.25, 0.3) is 0 Å². The van der Waals surface area contributed by atoms with Gasteiger partial charge in [-0.05, 0) is 48.7 Å². The van der Waals surface area contributed by atoms with E-state index in [2.05, 4.69) is 15.6 Å². The van der Waals surface area contributed by atoms with E-state index in [0.717, 1.165) is 11.1 Å². The molecule has 0 heterocycles. The maximum atomic E-state index is 13.7. The molecule has 6 nitrogen and oxygen atoms in total. The monoisotopic (exact) mass is 389 g/mol. The van der Waals surface area contributed by atoms with Crippen molar-refractivity contribution in [3.8, 4) is 11.5 Å². The molecule has 7 heteroatoms. The first-order valence-corrected chi connectivity index (χ1v) is 9.25. The maximum Gasteiger partial charge on any atom is 0.191 e. The number of rotatable bonds is 9. The van der Waals surface area contributed by atoms with Gasteiger partial charge in [0.2, 0.25) is 0 Å². The van der Waals surface area contributed by atoms with Crippen molar-refractivity contribution in [2.24, 2.45) is 4.99 Å². The molecule has 0 spiro atoms. The Morgan fingerprint density at radius 2 is 1.89 bits per heavy atom. The third kappa shape index (κ3) is 6.42. The van der Waals surface area contributed by atoms with Gasteiger partial charge in [-0.3, -0.25) is 0 Å². The van der Waals surface area contributed by atoms with Crippen molar-refractivity contribution in [2.45, 2.75) is 26.9 Å². The molecule has 0 aliphatic carbocycles. The number of guanidine groups is 1. The van der Waals surface area contributed by atoms with Gasteiger partial charge in [-0.2, -0.15) is 0 Å². The van der Waals surface area contributed by atoms with Gasteiger partial charge in [0.05, 0.1) is 20.3 Å². The van der Waals surface area contributed by atoms with Crippen molar-refractivity contribution in [3.05, 3.63) is 58.9 Å². The molecule has 3 N–H and O–H groups in total. The third-order valence-electron chi connectivity index (χ3n) is 4.04. The summed E-state index contributed by atoms with van der Waals surface area (Å²) in [5, 5.41) is 15.3. The van der Waals surface area contributed by atoms with E-state index in [1.165, 1.54) is 6.07 Å². The van der Waals surface area contributed by atoms with E-state index in [0.29, 0.717) is 42.7 Å². The minimum atomic E-state index is -0.221. The van der Waals surface area contributed by atoms with E-state index in [4.69, 9.17) is 14.6 Å². The zero-order valence-electron chi connectivity index (χ0n) is 16.6. The van der Waals surface area contributed by atoms with Crippen LogP contribution in [0.15, 0.2) is 41.4 Å². The number of aliphatic imine (C=N–C) groups is 1. The van der Waals surface area contributed by atoms with Gasteiger partial charge in [-0.15, -0.1) is 0 Å². The molecule has 0 bridgehead atoms. The summed E-state index contributed by atoms with van der Waals surface area (Å²) < 4.78 is 24.5. The Morgan fingerprint density at radius 3 is 2.57 bits per heavy atom. The molecule has 0 aromatic heterocycles. The fourth-order valence-electron chi connectivity index (χ4n) is 2.53. The first kappa shape index (κ1) is 21.5. The van der Waals surface area contributed by atoms with Gasteiger partial charge in [-0.25, -0.2) is 9.38 Å². The Balaban J connectivity index is 2.02. The van der Waals surface area contributed by atoms with Crippen LogP contribution in [0.4, 0.5) is 4.39 Å². The predicted octanol–water partition coefficient (Wildman–Crippen LogP) is 2.77. The summed E-state index contributed by atoms with van der Waals surface area (Å²) in [6.07, 6.45) is 0. The largest absolute Gasteiger partial charge is 0.493 e. The van der Waals surface area contributed by atoms with Crippen molar-refractivity contribution in [2.75, 3.05) is 26.9 Å². The molecule has 0 saturated carbocycles. The molecular formula is C21H28FN3O3. The molecule has 0 aliphatic heterocycles. The molecule has 152 valence electrons. The Morgan fingerprint density at radius 1 is 1.11 bits per heavy atom. The number of methoxy groups -OCH3 is 1. The molecule has 0 fully saturated rings. The number of ether oxygens (including phenoxy) is 2. The summed E-state index contributed by atoms with van der Waals surface area (Å²) in [6.45, 7) is 5.51. The van der Waals surface area contributed by atoms with Crippen molar-refractivity contribution in [3.63, 3.8) is 0 Å². The molecule has 0 saturated heterocycles. The highest BCUT2D eigenvalue weighted by atomic mass is 19.1. The van der Waals surface area contributed by atoms with E-state index in [1.54, 1.807) is 20.1 Å². The number of benzene rings is 2. The van der Waals surface area contributed by atoms with Gasteiger partial charge in [0.25, 0.3) is 0 Å². The Hall–Kier alpha value is -2.80. The number of hydrogen-bond donors (Lipinski definition) is 3. The van der Waals surface area contributed by atoms with Gasteiger partial charge in [0.15, 0.2) is 17.5 Å². The fraction of sp³-hybridized carbons (Fsp3) is 0.381. The normalized spacial score (nSPS) is 11.2. The van der Waals surface area contributed by atoms with Crippen LogP contribution in [-0.2, 0) is 13.1 Å². The minimum absolute atomic E-state index is 0.0557. The van der Waals surface area contributed by atoms with Gasteiger partial charge in [0, 0.05) is 13.1 Å². The molecule has 0 radical (unpaired) electrons. The van der Waals surface area contributed by atoms with Crippen molar-refractivity contribution in [1.82, 2.24) is 10.6 Å². The van der Waals surface area contributed by atoms with Crippen LogP contribution >= 0.6 is 0 Å². The van der Waals surface area contributed by atoms with Crippen LogP contribution < -0.4 is 20.1 Å². The van der Waals surface area contributed by atoms with Crippen LogP contribution in [0.2, 0.25) is 0 Å². The lowest BCUT2D eigenvalue weighted by molar-refractivity contribution is 0.196. The summed E-state index contributed by atoms with van der Waals surface area (Å²) in [6, 6.07) is 10.7. The number of nitrogens with one attached hydrogen (secondary N) is 2. The van der Waals surface area contributed by atoms with Crippen LogP contribution in [0, 0.1) is 12.7 Å². The summed E-state index contributed by atoms with van der Waals surface area (Å²) in [5.41, 5.74) is 2.42. The Labute approximate surface area is 165 Å². The lowest BCUT2D eigenvalue weighted by atomic mass is 10.1. The molecule has 0 unspecified atom stereocenters. The van der Waals surface area contributed by atoms with Crippen molar-refractivity contribution in [1.29, 1.82) is 0 Å². The average Bonchev–Trinajstić information content (AvgIpc) is 2.71. The van der Waals surface area contributed by atoms with Gasteiger partial charge in [-0.1, -0.05) is 18.2 Å². The molecule has 28 heavy (non-hydrogen) atoms. The summed E-state index contributed by atoms with van der Waals surface area (Å²) in [4.78, 5) is 4.51. The second-order valence-corrected chi connectivity index (χ2v) is 6.19. The fourth-order valence-corrected chi connectivity index (χ4v) is 2.53. The smallest absolute Gasteiger partial charge is 0.191 e. The van der Waals surface area contributed by atoms with Crippen LogP contribution in [0.3, 0.4) is 0 Å². The molecule has 2 rings (SSSR count). The molecule has 0 amide bonds. The Bertz CT molecular complexity index is 796.